The number of thiophene rings is 1. The van der Waals surface area contributed by atoms with Gasteiger partial charge in [-0.15, -0.1) is 11.3 Å². The number of esters is 1. The van der Waals surface area contributed by atoms with Gasteiger partial charge in [0.25, 0.3) is 5.91 Å². The Morgan fingerprint density at radius 1 is 1.38 bits per heavy atom. The van der Waals surface area contributed by atoms with Crippen molar-refractivity contribution in [1.29, 1.82) is 0 Å². The number of hydrogen-bond acceptors (Lipinski definition) is 6. The van der Waals surface area contributed by atoms with E-state index in [1.54, 1.807) is 12.1 Å². The molecule has 172 valence electrons. The first-order valence-electron chi connectivity index (χ1n) is 10.8. The van der Waals surface area contributed by atoms with Gasteiger partial charge in [-0.25, -0.2) is 9.18 Å². The van der Waals surface area contributed by atoms with E-state index < -0.39 is 11.8 Å². The van der Waals surface area contributed by atoms with E-state index in [9.17, 15) is 14.0 Å². The molecular weight excluding hydrogens is 544 g/mol. The number of benzene rings is 1. The van der Waals surface area contributed by atoms with Gasteiger partial charge in [0.1, 0.15) is 17.4 Å². The highest BCUT2D eigenvalue weighted by molar-refractivity contribution is 14.1. The minimum atomic E-state index is -0.478. The SMILES string of the molecule is CC1(C)CNC(=O)c2sc(Nc3ccc(I)cc3F)c(C(=O)OC[C@@H]3CCCCN3)c2C1. The Morgan fingerprint density at radius 3 is 2.91 bits per heavy atom. The molecule has 2 aliphatic rings. The number of amides is 1. The van der Waals surface area contributed by atoms with Crippen LogP contribution in [0.15, 0.2) is 18.2 Å². The lowest BCUT2D eigenvalue weighted by molar-refractivity contribution is 0.0451. The van der Waals surface area contributed by atoms with Crippen molar-refractivity contribution in [3.63, 3.8) is 0 Å². The maximum absolute atomic E-state index is 14.5. The fourth-order valence-corrected chi connectivity index (χ4v) is 5.68. The fourth-order valence-electron chi connectivity index (χ4n) is 4.09. The maximum atomic E-state index is 14.5. The summed E-state index contributed by atoms with van der Waals surface area (Å²) in [6.45, 7) is 5.81. The van der Waals surface area contributed by atoms with E-state index >= 15 is 0 Å². The first-order chi connectivity index (χ1) is 15.2. The van der Waals surface area contributed by atoms with Gasteiger partial charge in [-0.3, -0.25) is 4.79 Å². The Morgan fingerprint density at radius 2 is 2.19 bits per heavy atom. The van der Waals surface area contributed by atoms with Crippen molar-refractivity contribution >= 4 is 56.5 Å². The number of carbonyl (C=O) groups excluding carboxylic acids is 2. The Bertz CT molecular complexity index is 1030. The average molecular weight is 571 g/mol. The predicted octanol–water partition coefficient (Wildman–Crippen LogP) is 4.85. The number of hydrogen-bond donors (Lipinski definition) is 3. The summed E-state index contributed by atoms with van der Waals surface area (Å²) >= 11 is 3.22. The molecule has 0 spiro atoms. The van der Waals surface area contributed by atoms with E-state index in [2.05, 4.69) is 16.0 Å². The van der Waals surface area contributed by atoms with Gasteiger partial charge in [0.15, 0.2) is 0 Å². The van der Waals surface area contributed by atoms with E-state index in [0.717, 1.165) is 29.4 Å². The molecule has 1 amide bonds. The fraction of sp³-hybridized carbons (Fsp3) is 0.478. The molecule has 0 bridgehead atoms. The van der Waals surface area contributed by atoms with Crippen LogP contribution in [0.4, 0.5) is 15.1 Å². The van der Waals surface area contributed by atoms with Gasteiger partial charge in [-0.05, 0) is 77.6 Å². The molecule has 3 heterocycles. The quantitative estimate of drug-likeness (QED) is 0.354. The molecule has 2 aliphatic heterocycles. The molecule has 0 aliphatic carbocycles. The number of halogens is 2. The second kappa shape index (κ2) is 9.64. The van der Waals surface area contributed by atoms with Gasteiger partial charge in [-0.2, -0.15) is 0 Å². The average Bonchev–Trinajstić information content (AvgIpc) is 3.05. The molecule has 3 N–H and O–H groups in total. The molecule has 1 fully saturated rings. The van der Waals surface area contributed by atoms with Crippen molar-refractivity contribution in [1.82, 2.24) is 10.6 Å². The first-order valence-corrected chi connectivity index (χ1v) is 12.7. The molecule has 0 saturated carbocycles. The molecule has 6 nitrogen and oxygen atoms in total. The molecule has 32 heavy (non-hydrogen) atoms. The van der Waals surface area contributed by atoms with Crippen LogP contribution in [0, 0.1) is 14.8 Å². The van der Waals surface area contributed by atoms with E-state index in [-0.39, 0.29) is 29.7 Å². The Labute approximate surface area is 204 Å². The maximum Gasteiger partial charge on any atom is 0.341 e. The summed E-state index contributed by atoms with van der Waals surface area (Å²) in [6, 6.07) is 4.97. The second-order valence-electron chi connectivity index (χ2n) is 9.13. The van der Waals surface area contributed by atoms with Crippen molar-refractivity contribution in [3.05, 3.63) is 43.6 Å². The van der Waals surface area contributed by atoms with Crippen LogP contribution in [-0.2, 0) is 11.2 Å². The minimum Gasteiger partial charge on any atom is -0.460 e. The van der Waals surface area contributed by atoms with Crippen molar-refractivity contribution in [2.45, 2.75) is 45.6 Å². The number of nitrogens with one attached hydrogen (secondary N) is 3. The van der Waals surface area contributed by atoms with Gasteiger partial charge >= 0.3 is 5.97 Å². The number of ether oxygens (including phenoxy) is 1. The van der Waals surface area contributed by atoms with E-state index in [1.807, 2.05) is 36.4 Å². The van der Waals surface area contributed by atoms with E-state index in [1.165, 1.54) is 17.4 Å². The minimum absolute atomic E-state index is 0.134. The Balaban J connectivity index is 1.69. The van der Waals surface area contributed by atoms with Crippen molar-refractivity contribution in [3.8, 4) is 0 Å². The van der Waals surface area contributed by atoms with Gasteiger partial charge in [0.2, 0.25) is 0 Å². The molecule has 1 atom stereocenters. The van der Waals surface area contributed by atoms with Crippen molar-refractivity contribution in [2.75, 3.05) is 25.0 Å². The monoisotopic (exact) mass is 571 g/mol. The Hall–Kier alpha value is -1.72. The normalized spacial score (nSPS) is 20.1. The van der Waals surface area contributed by atoms with Gasteiger partial charge < -0.3 is 20.7 Å². The zero-order valence-electron chi connectivity index (χ0n) is 18.1. The van der Waals surface area contributed by atoms with Gasteiger partial charge in [-0.1, -0.05) is 20.3 Å². The number of carbonyl (C=O) groups is 2. The lowest BCUT2D eigenvalue weighted by Gasteiger charge is -2.24. The van der Waals surface area contributed by atoms with E-state index in [0.29, 0.717) is 34.0 Å². The lowest BCUT2D eigenvalue weighted by Crippen LogP contribution is -2.38. The van der Waals surface area contributed by atoms with Gasteiger partial charge in [0.05, 0.1) is 16.1 Å². The summed E-state index contributed by atoms with van der Waals surface area (Å²) in [5.41, 5.74) is 1.03. The first kappa shape index (κ1) is 23.4. The van der Waals surface area contributed by atoms with Crippen molar-refractivity contribution < 1.29 is 18.7 Å². The highest BCUT2D eigenvalue weighted by atomic mass is 127. The number of anilines is 2. The largest absolute Gasteiger partial charge is 0.460 e. The van der Waals surface area contributed by atoms with E-state index in [4.69, 9.17) is 4.74 Å². The summed E-state index contributed by atoms with van der Waals surface area (Å²) in [7, 11) is 0. The number of piperidine rings is 1. The summed E-state index contributed by atoms with van der Waals surface area (Å²) in [4.78, 5) is 26.6. The van der Waals surface area contributed by atoms with Crippen LogP contribution >= 0.6 is 33.9 Å². The molecule has 0 radical (unpaired) electrons. The standard InChI is InChI=1S/C23H27FIN3O3S/c1-23(2)10-15-18(22(30)31-11-14-5-3-4-8-26-14)21(32-19(15)20(29)27-12-23)28-17-7-6-13(25)9-16(17)24/h6-7,9,14,26,28H,3-5,8,10-12H2,1-2H3,(H,27,29)/t14-/m0/s1. The Kier molecular flexibility index (Phi) is 7.06. The van der Waals surface area contributed by atoms with Crippen LogP contribution in [0.25, 0.3) is 0 Å². The van der Waals surface area contributed by atoms with Crippen LogP contribution in [-0.4, -0.2) is 37.6 Å². The molecule has 1 saturated heterocycles. The summed E-state index contributed by atoms with van der Waals surface area (Å²) in [5.74, 6) is -1.11. The van der Waals surface area contributed by atoms with Gasteiger partial charge in [0, 0.05) is 16.2 Å². The molecule has 4 rings (SSSR count). The number of fused-ring (bicyclic) bond motifs is 1. The zero-order chi connectivity index (χ0) is 22.9. The smallest absolute Gasteiger partial charge is 0.341 e. The van der Waals surface area contributed by atoms with Crippen LogP contribution in [0.5, 0.6) is 0 Å². The van der Waals surface area contributed by atoms with Crippen LogP contribution in [0.1, 0.15) is 58.7 Å². The van der Waals surface area contributed by atoms with Crippen LogP contribution in [0.3, 0.4) is 0 Å². The molecular formula is C23H27FIN3O3S. The third-order valence-electron chi connectivity index (χ3n) is 5.81. The zero-order valence-corrected chi connectivity index (χ0v) is 21.1. The third kappa shape index (κ3) is 5.26. The summed E-state index contributed by atoms with van der Waals surface area (Å²) in [5, 5.41) is 9.81. The second-order valence-corrected chi connectivity index (χ2v) is 11.4. The number of rotatable bonds is 5. The molecule has 9 heteroatoms. The summed E-state index contributed by atoms with van der Waals surface area (Å²) < 4.78 is 21.0. The molecule has 2 aromatic rings. The highest BCUT2D eigenvalue weighted by Gasteiger charge is 2.35. The third-order valence-corrected chi connectivity index (χ3v) is 7.62. The molecule has 0 unspecified atom stereocenters. The van der Waals surface area contributed by atoms with Crippen LogP contribution < -0.4 is 16.0 Å². The lowest BCUT2D eigenvalue weighted by atomic mass is 9.85. The molecule has 1 aromatic carbocycles. The van der Waals surface area contributed by atoms with Crippen molar-refractivity contribution in [2.24, 2.45) is 5.41 Å². The topological polar surface area (TPSA) is 79.5 Å². The predicted molar refractivity (Wildman–Crippen MR) is 132 cm³/mol. The highest BCUT2D eigenvalue weighted by Crippen LogP contribution is 2.41. The van der Waals surface area contributed by atoms with Crippen LogP contribution in [0.2, 0.25) is 0 Å². The molecule has 1 aromatic heterocycles. The summed E-state index contributed by atoms with van der Waals surface area (Å²) in [6.07, 6.45) is 3.74.